The molecule has 6 fully saturated rings. The van der Waals surface area contributed by atoms with Gasteiger partial charge in [0.05, 0.1) is 13.2 Å². The lowest BCUT2D eigenvalue weighted by Gasteiger charge is -2.57. The zero-order valence-electron chi connectivity index (χ0n) is 15.3. The topological polar surface area (TPSA) is 43.5 Å². The van der Waals surface area contributed by atoms with Crippen LogP contribution in [0.2, 0.25) is 0 Å². The monoisotopic (exact) mass is 356 g/mol. The van der Waals surface area contributed by atoms with Crippen molar-refractivity contribution in [2.45, 2.75) is 56.1 Å². The van der Waals surface area contributed by atoms with E-state index in [2.05, 4.69) is 18.2 Å². The number of hydrogen-bond donors (Lipinski definition) is 0. The number of benzene rings is 1. The van der Waals surface area contributed by atoms with Gasteiger partial charge in [0, 0.05) is 5.56 Å². The summed E-state index contributed by atoms with van der Waals surface area (Å²) in [5.74, 6) is 4.81. The molecule has 1 aromatic carbocycles. The van der Waals surface area contributed by atoms with Crippen molar-refractivity contribution in [1.82, 2.24) is 0 Å². The molecule has 140 valence electrons. The average molecular weight is 356 g/mol. The van der Waals surface area contributed by atoms with Crippen LogP contribution in [-0.4, -0.2) is 38.6 Å². The van der Waals surface area contributed by atoms with Crippen LogP contribution >= 0.6 is 0 Å². The Hall–Kier alpha value is -1.26. The van der Waals surface area contributed by atoms with Crippen LogP contribution in [0.5, 0.6) is 11.5 Å². The van der Waals surface area contributed by atoms with Gasteiger partial charge in [0.1, 0.15) is 36.9 Å². The Morgan fingerprint density at radius 2 is 1.42 bits per heavy atom. The van der Waals surface area contributed by atoms with Gasteiger partial charge in [-0.05, 0) is 79.9 Å². The van der Waals surface area contributed by atoms with Gasteiger partial charge in [-0.25, -0.2) is 0 Å². The standard InChI is InChI=1S/C22H28O4/c1-2-21(26-13-19-12-25-19)20(6-17(1)23-10-18-11-24-18)22-7-14-3-15(8-22)5-16(4-14)9-22/h1-2,6,14-16,18-19H,3-5,7-13H2. The number of hydrogen-bond acceptors (Lipinski definition) is 4. The van der Waals surface area contributed by atoms with Gasteiger partial charge in [0.2, 0.25) is 0 Å². The fraction of sp³-hybridized carbons (Fsp3) is 0.727. The smallest absolute Gasteiger partial charge is 0.123 e. The van der Waals surface area contributed by atoms with E-state index in [9.17, 15) is 0 Å². The highest BCUT2D eigenvalue weighted by molar-refractivity contribution is 5.46. The second-order valence-electron chi connectivity index (χ2n) is 9.39. The van der Waals surface area contributed by atoms with Gasteiger partial charge in [0.15, 0.2) is 0 Å². The summed E-state index contributed by atoms with van der Waals surface area (Å²) in [6.07, 6.45) is 8.98. The minimum atomic E-state index is 0.293. The summed E-state index contributed by atoms with van der Waals surface area (Å²) in [7, 11) is 0. The maximum atomic E-state index is 6.24. The van der Waals surface area contributed by atoms with E-state index in [4.69, 9.17) is 18.9 Å². The fourth-order valence-corrected chi connectivity index (χ4v) is 6.28. The van der Waals surface area contributed by atoms with E-state index in [1.54, 1.807) is 0 Å². The minimum Gasteiger partial charge on any atom is -0.491 e. The van der Waals surface area contributed by atoms with E-state index in [0.29, 0.717) is 30.8 Å². The van der Waals surface area contributed by atoms with Crippen molar-refractivity contribution in [2.24, 2.45) is 17.8 Å². The third kappa shape index (κ3) is 2.91. The van der Waals surface area contributed by atoms with Crippen LogP contribution in [0.15, 0.2) is 18.2 Å². The molecule has 1 aromatic rings. The van der Waals surface area contributed by atoms with Gasteiger partial charge in [-0.3, -0.25) is 0 Å². The molecule has 6 aliphatic rings. The fourth-order valence-electron chi connectivity index (χ4n) is 6.28. The summed E-state index contributed by atoms with van der Waals surface area (Å²) in [5, 5.41) is 0. The molecular formula is C22H28O4. The molecule has 4 saturated carbocycles. The third-order valence-corrected chi connectivity index (χ3v) is 7.23. The molecule has 2 heterocycles. The maximum absolute atomic E-state index is 6.24. The Labute approximate surface area is 155 Å². The first-order chi connectivity index (χ1) is 12.8. The van der Waals surface area contributed by atoms with E-state index >= 15 is 0 Å². The van der Waals surface area contributed by atoms with Crippen LogP contribution in [0, 0.1) is 17.8 Å². The summed E-state index contributed by atoms with van der Waals surface area (Å²) < 4.78 is 22.9. The molecule has 2 saturated heterocycles. The van der Waals surface area contributed by atoms with Crippen molar-refractivity contribution in [3.63, 3.8) is 0 Å². The highest BCUT2D eigenvalue weighted by Crippen LogP contribution is 2.62. The van der Waals surface area contributed by atoms with Crippen molar-refractivity contribution in [3.8, 4) is 11.5 Å². The van der Waals surface area contributed by atoms with E-state index in [0.717, 1.165) is 42.5 Å². The zero-order chi connectivity index (χ0) is 17.1. The van der Waals surface area contributed by atoms with Crippen LogP contribution in [0.1, 0.15) is 44.1 Å². The minimum absolute atomic E-state index is 0.293. The SMILES string of the molecule is c1cc(OCC2CO2)c(C23CC4CC(CC(C4)C2)C3)cc1OCC1CO1. The van der Waals surface area contributed by atoms with E-state index < -0.39 is 0 Å². The molecule has 0 N–H and O–H groups in total. The summed E-state index contributed by atoms with van der Waals surface area (Å²) in [5.41, 5.74) is 1.72. The van der Waals surface area contributed by atoms with Gasteiger partial charge < -0.3 is 18.9 Å². The van der Waals surface area contributed by atoms with E-state index in [1.165, 1.54) is 44.1 Å². The lowest BCUT2D eigenvalue weighted by atomic mass is 9.48. The van der Waals surface area contributed by atoms with Gasteiger partial charge in [0.25, 0.3) is 0 Å². The average Bonchev–Trinajstić information content (AvgIpc) is 3.52. The van der Waals surface area contributed by atoms with Crippen molar-refractivity contribution < 1.29 is 18.9 Å². The van der Waals surface area contributed by atoms with Crippen LogP contribution in [0.25, 0.3) is 0 Å². The number of epoxide rings is 2. The van der Waals surface area contributed by atoms with Gasteiger partial charge in [-0.2, -0.15) is 0 Å². The second kappa shape index (κ2) is 5.87. The number of rotatable bonds is 7. The van der Waals surface area contributed by atoms with Crippen LogP contribution < -0.4 is 9.47 Å². The molecule has 2 aliphatic heterocycles. The summed E-state index contributed by atoms with van der Waals surface area (Å²) >= 11 is 0. The summed E-state index contributed by atoms with van der Waals surface area (Å²) in [6, 6.07) is 6.49. The highest BCUT2D eigenvalue weighted by Gasteiger charge is 2.52. The Balaban J connectivity index is 1.32. The largest absolute Gasteiger partial charge is 0.491 e. The predicted molar refractivity (Wildman–Crippen MR) is 96.8 cm³/mol. The lowest BCUT2D eigenvalue weighted by Crippen LogP contribution is -2.48. The van der Waals surface area contributed by atoms with Gasteiger partial charge >= 0.3 is 0 Å². The Morgan fingerprint density at radius 3 is 2.00 bits per heavy atom. The van der Waals surface area contributed by atoms with Crippen molar-refractivity contribution in [2.75, 3.05) is 26.4 Å². The van der Waals surface area contributed by atoms with Crippen molar-refractivity contribution in [3.05, 3.63) is 23.8 Å². The molecule has 7 rings (SSSR count). The molecule has 4 heteroatoms. The number of ether oxygens (including phenoxy) is 4. The van der Waals surface area contributed by atoms with Gasteiger partial charge in [-0.1, -0.05) is 0 Å². The predicted octanol–water partition coefficient (Wildman–Crippen LogP) is 3.71. The summed E-state index contributed by atoms with van der Waals surface area (Å²) in [6.45, 7) is 3.02. The molecule has 0 radical (unpaired) electrons. The van der Waals surface area contributed by atoms with Crippen LogP contribution in [0.4, 0.5) is 0 Å². The Kier molecular flexibility index (Phi) is 3.56. The molecule has 2 atom stereocenters. The van der Waals surface area contributed by atoms with E-state index in [-0.39, 0.29) is 0 Å². The quantitative estimate of drug-likeness (QED) is 0.699. The molecule has 0 amide bonds. The first-order valence-corrected chi connectivity index (χ1v) is 10.4. The molecular weight excluding hydrogens is 328 g/mol. The zero-order valence-corrected chi connectivity index (χ0v) is 15.3. The third-order valence-electron chi connectivity index (χ3n) is 7.23. The summed E-state index contributed by atoms with van der Waals surface area (Å²) in [4.78, 5) is 0. The molecule has 0 spiro atoms. The van der Waals surface area contributed by atoms with Crippen LogP contribution in [-0.2, 0) is 14.9 Å². The molecule has 2 unspecified atom stereocenters. The van der Waals surface area contributed by atoms with Crippen molar-refractivity contribution >= 4 is 0 Å². The lowest BCUT2D eigenvalue weighted by molar-refractivity contribution is -0.00655. The maximum Gasteiger partial charge on any atom is 0.123 e. The second-order valence-corrected chi connectivity index (χ2v) is 9.39. The van der Waals surface area contributed by atoms with Gasteiger partial charge in [-0.15, -0.1) is 0 Å². The molecule has 4 bridgehead atoms. The molecule has 4 aliphatic carbocycles. The van der Waals surface area contributed by atoms with Crippen molar-refractivity contribution in [1.29, 1.82) is 0 Å². The van der Waals surface area contributed by atoms with E-state index in [1.807, 2.05) is 0 Å². The Bertz CT molecular complexity index is 656. The molecule has 0 aromatic heterocycles. The first-order valence-electron chi connectivity index (χ1n) is 10.4. The highest BCUT2D eigenvalue weighted by atomic mass is 16.6. The molecule has 4 nitrogen and oxygen atoms in total. The first kappa shape index (κ1) is 15.8. The normalized spacial score (nSPS) is 41.9. The Morgan fingerprint density at radius 1 is 0.846 bits per heavy atom. The van der Waals surface area contributed by atoms with Crippen LogP contribution in [0.3, 0.4) is 0 Å². The molecule has 26 heavy (non-hydrogen) atoms.